The molecule has 2 N–H and O–H groups in total. The lowest BCUT2D eigenvalue weighted by Gasteiger charge is -2.41. The molecule has 0 bridgehead atoms. The van der Waals surface area contributed by atoms with Gasteiger partial charge in [-0.3, -0.25) is 15.1 Å². The van der Waals surface area contributed by atoms with Gasteiger partial charge in [-0.25, -0.2) is 0 Å². The number of nitrogens with one attached hydrogen (secondary N) is 2. The van der Waals surface area contributed by atoms with Gasteiger partial charge in [0.15, 0.2) is 5.96 Å². The molecule has 1 aliphatic heterocycles. The maximum Gasteiger partial charge on any atom is 0.252 e. The molecule has 0 aromatic carbocycles. The summed E-state index contributed by atoms with van der Waals surface area (Å²) < 4.78 is 0. The minimum atomic E-state index is -0.345. The summed E-state index contributed by atoms with van der Waals surface area (Å²) in [7, 11) is 1.71. The Hall–Kier alpha value is -1.06. The van der Waals surface area contributed by atoms with Crippen molar-refractivity contribution in [2.24, 2.45) is 10.4 Å². The van der Waals surface area contributed by atoms with E-state index in [1.54, 1.807) is 7.05 Å². The van der Waals surface area contributed by atoms with Gasteiger partial charge in [-0.05, 0) is 43.9 Å². The first-order valence-corrected chi connectivity index (χ1v) is 6.75. The maximum atomic E-state index is 12.1. The van der Waals surface area contributed by atoms with Crippen LogP contribution in [0.25, 0.3) is 0 Å². The number of carbonyl (C=O) groups excluding carboxylic acids is 1. The quantitative estimate of drug-likeness (QED) is 0.669. The highest BCUT2D eigenvalue weighted by molar-refractivity contribution is 6.09. The highest BCUT2D eigenvalue weighted by Gasteiger charge is 2.51. The Kier molecular flexibility index (Phi) is 2.42. The van der Waals surface area contributed by atoms with Crippen LogP contribution in [0.4, 0.5) is 0 Å². The average Bonchev–Trinajstić information content (AvgIpc) is 2.91. The fourth-order valence-electron chi connectivity index (χ4n) is 3.84. The van der Waals surface area contributed by atoms with E-state index < -0.39 is 0 Å². The third kappa shape index (κ3) is 1.65. The SMILES string of the molecule is CN=C1NC(=O)C2(CCC3(CCCC3)CC2)N1. The Morgan fingerprint density at radius 1 is 1.06 bits per heavy atom. The maximum absolute atomic E-state index is 12.1. The number of hydrogen-bond donors (Lipinski definition) is 2. The molecule has 2 spiro atoms. The zero-order chi connectivity index (χ0) is 11.9. The van der Waals surface area contributed by atoms with Gasteiger partial charge in [0.25, 0.3) is 5.91 Å². The van der Waals surface area contributed by atoms with Crippen LogP contribution in [-0.2, 0) is 4.79 Å². The van der Waals surface area contributed by atoms with E-state index >= 15 is 0 Å². The Balaban J connectivity index is 1.74. The highest BCUT2D eigenvalue weighted by Crippen LogP contribution is 2.51. The summed E-state index contributed by atoms with van der Waals surface area (Å²) in [6.45, 7) is 0. The van der Waals surface area contributed by atoms with Gasteiger partial charge in [-0.1, -0.05) is 12.8 Å². The van der Waals surface area contributed by atoms with Gasteiger partial charge in [-0.2, -0.15) is 0 Å². The highest BCUT2D eigenvalue weighted by atomic mass is 16.2. The fraction of sp³-hybridized carbons (Fsp3) is 0.846. The summed E-state index contributed by atoms with van der Waals surface area (Å²) in [5.74, 6) is 0.781. The van der Waals surface area contributed by atoms with Gasteiger partial charge < -0.3 is 5.32 Å². The van der Waals surface area contributed by atoms with E-state index in [0.29, 0.717) is 11.4 Å². The van der Waals surface area contributed by atoms with E-state index in [1.165, 1.54) is 38.5 Å². The zero-order valence-electron chi connectivity index (χ0n) is 10.5. The second-order valence-electron chi connectivity index (χ2n) is 5.94. The van der Waals surface area contributed by atoms with E-state index in [-0.39, 0.29) is 11.4 Å². The van der Waals surface area contributed by atoms with Crippen LogP contribution in [0, 0.1) is 5.41 Å². The van der Waals surface area contributed by atoms with Crippen LogP contribution in [0.5, 0.6) is 0 Å². The van der Waals surface area contributed by atoms with Crippen molar-refractivity contribution in [3.8, 4) is 0 Å². The smallest absolute Gasteiger partial charge is 0.252 e. The zero-order valence-corrected chi connectivity index (χ0v) is 10.5. The summed E-state index contributed by atoms with van der Waals surface area (Å²) in [6.07, 6.45) is 9.85. The number of carbonyl (C=O) groups is 1. The number of aliphatic imine (C=N–C) groups is 1. The van der Waals surface area contributed by atoms with E-state index in [0.717, 1.165) is 12.8 Å². The molecule has 4 heteroatoms. The lowest BCUT2D eigenvalue weighted by molar-refractivity contribution is -0.126. The molecular formula is C13H21N3O. The molecule has 0 aromatic rings. The summed E-state index contributed by atoms with van der Waals surface area (Å²) >= 11 is 0. The van der Waals surface area contributed by atoms with Crippen molar-refractivity contribution in [3.63, 3.8) is 0 Å². The third-order valence-electron chi connectivity index (χ3n) is 5.08. The molecular weight excluding hydrogens is 214 g/mol. The van der Waals surface area contributed by atoms with E-state index in [2.05, 4.69) is 15.6 Å². The largest absolute Gasteiger partial charge is 0.342 e. The lowest BCUT2D eigenvalue weighted by Crippen LogP contribution is -2.51. The second-order valence-corrected chi connectivity index (χ2v) is 5.94. The van der Waals surface area contributed by atoms with Crippen LogP contribution in [0.2, 0.25) is 0 Å². The van der Waals surface area contributed by atoms with Crippen molar-refractivity contribution >= 4 is 11.9 Å². The molecule has 1 saturated heterocycles. The van der Waals surface area contributed by atoms with Gasteiger partial charge >= 0.3 is 0 Å². The van der Waals surface area contributed by atoms with Crippen molar-refractivity contribution in [2.45, 2.75) is 56.9 Å². The second kappa shape index (κ2) is 3.72. The molecule has 94 valence electrons. The van der Waals surface area contributed by atoms with Crippen LogP contribution >= 0.6 is 0 Å². The average molecular weight is 235 g/mol. The molecule has 0 radical (unpaired) electrons. The first-order chi connectivity index (χ1) is 8.18. The summed E-state index contributed by atoms with van der Waals surface area (Å²) in [5.41, 5.74) is 0.224. The van der Waals surface area contributed by atoms with Crippen LogP contribution in [0.3, 0.4) is 0 Å². The molecule has 0 unspecified atom stereocenters. The van der Waals surface area contributed by atoms with E-state index in [4.69, 9.17) is 0 Å². The minimum absolute atomic E-state index is 0.131. The summed E-state index contributed by atoms with van der Waals surface area (Å²) in [5, 5.41) is 6.14. The van der Waals surface area contributed by atoms with Crippen molar-refractivity contribution in [2.75, 3.05) is 7.05 Å². The first-order valence-electron chi connectivity index (χ1n) is 6.75. The molecule has 4 nitrogen and oxygen atoms in total. The predicted octanol–water partition coefficient (Wildman–Crippen LogP) is 1.56. The van der Waals surface area contributed by atoms with Gasteiger partial charge in [0.1, 0.15) is 5.54 Å². The number of nitrogens with zero attached hydrogens (tertiary/aromatic N) is 1. The number of hydrogen-bond acceptors (Lipinski definition) is 2. The molecule has 2 aliphatic carbocycles. The monoisotopic (exact) mass is 235 g/mol. The number of guanidine groups is 1. The van der Waals surface area contributed by atoms with Crippen LogP contribution in [-0.4, -0.2) is 24.5 Å². The van der Waals surface area contributed by atoms with Crippen LogP contribution in [0.15, 0.2) is 4.99 Å². The van der Waals surface area contributed by atoms with Crippen molar-refractivity contribution in [3.05, 3.63) is 0 Å². The summed E-state index contributed by atoms with van der Waals surface area (Å²) in [6, 6.07) is 0. The van der Waals surface area contributed by atoms with Crippen molar-refractivity contribution < 1.29 is 4.79 Å². The van der Waals surface area contributed by atoms with Gasteiger partial charge in [0, 0.05) is 7.05 Å². The van der Waals surface area contributed by atoms with Crippen LogP contribution < -0.4 is 10.6 Å². The lowest BCUT2D eigenvalue weighted by atomic mass is 9.66. The Morgan fingerprint density at radius 3 is 2.24 bits per heavy atom. The Morgan fingerprint density at radius 2 is 1.71 bits per heavy atom. The molecule has 0 aromatic heterocycles. The van der Waals surface area contributed by atoms with Crippen LogP contribution in [0.1, 0.15) is 51.4 Å². The molecule has 2 saturated carbocycles. The molecule has 1 amide bonds. The van der Waals surface area contributed by atoms with E-state index in [9.17, 15) is 4.79 Å². The molecule has 3 aliphatic rings. The number of amides is 1. The Bertz CT molecular complexity index is 359. The Labute approximate surface area is 102 Å². The standard InChI is InChI=1S/C13H21N3O/c1-14-11-15-10(17)13(16-11)8-6-12(7-9-13)4-2-3-5-12/h2-9H2,1H3,(H2,14,15,16,17). The fourth-order valence-corrected chi connectivity index (χ4v) is 3.84. The molecule has 3 rings (SSSR count). The molecule has 1 heterocycles. The number of rotatable bonds is 0. The predicted molar refractivity (Wildman–Crippen MR) is 66.7 cm³/mol. The van der Waals surface area contributed by atoms with Crippen molar-refractivity contribution in [1.29, 1.82) is 0 Å². The molecule has 0 atom stereocenters. The topological polar surface area (TPSA) is 53.5 Å². The van der Waals surface area contributed by atoms with Gasteiger partial charge in [-0.15, -0.1) is 0 Å². The van der Waals surface area contributed by atoms with Gasteiger partial charge in [0.05, 0.1) is 0 Å². The minimum Gasteiger partial charge on any atom is -0.342 e. The normalized spacial score (nSPS) is 32.1. The molecule has 17 heavy (non-hydrogen) atoms. The van der Waals surface area contributed by atoms with Crippen molar-refractivity contribution in [1.82, 2.24) is 10.6 Å². The van der Waals surface area contributed by atoms with E-state index in [1.807, 2.05) is 0 Å². The molecule has 3 fully saturated rings. The summed E-state index contributed by atoms with van der Waals surface area (Å²) in [4.78, 5) is 16.1. The third-order valence-corrected chi connectivity index (χ3v) is 5.08. The van der Waals surface area contributed by atoms with Gasteiger partial charge in [0.2, 0.25) is 0 Å². The first kappa shape index (κ1) is 11.1.